The van der Waals surface area contributed by atoms with E-state index in [-0.39, 0.29) is 6.03 Å². The number of amides is 2. The molecule has 3 aromatic rings. The van der Waals surface area contributed by atoms with Crippen molar-refractivity contribution in [2.45, 2.75) is 13.8 Å². The molecule has 5 N–H and O–H groups in total. The summed E-state index contributed by atoms with van der Waals surface area (Å²) < 4.78 is 0. The molecule has 1 aromatic carbocycles. The zero-order valence-electron chi connectivity index (χ0n) is 14.7. The fourth-order valence-corrected chi connectivity index (χ4v) is 2.27. The number of aromatic nitrogens is 4. The minimum Gasteiger partial charge on any atom is -0.341 e. The Bertz CT molecular complexity index is 921. The molecule has 0 unspecified atom stereocenters. The molecule has 0 aliphatic rings. The number of aromatic amines is 1. The normalized spacial score (nSPS) is 10.3. The molecular weight excluding hydrogens is 332 g/mol. The SMILES string of the molecule is CNC(=O)Nc1cc(Nc2cncc(Nc3cc(C)[nH]n3)n2)ccc1C. The van der Waals surface area contributed by atoms with Gasteiger partial charge >= 0.3 is 6.03 Å². The molecular formula is C17H20N8O. The lowest BCUT2D eigenvalue weighted by molar-refractivity contribution is 0.254. The lowest BCUT2D eigenvalue weighted by atomic mass is 10.2. The van der Waals surface area contributed by atoms with Crippen LogP contribution >= 0.6 is 0 Å². The zero-order valence-corrected chi connectivity index (χ0v) is 14.7. The molecule has 0 spiro atoms. The third-order valence-corrected chi connectivity index (χ3v) is 3.58. The van der Waals surface area contributed by atoms with E-state index >= 15 is 0 Å². The van der Waals surface area contributed by atoms with Crippen molar-refractivity contribution < 1.29 is 4.79 Å². The van der Waals surface area contributed by atoms with Crippen LogP contribution in [0.4, 0.5) is 33.6 Å². The summed E-state index contributed by atoms with van der Waals surface area (Å²) in [6.07, 6.45) is 3.23. The number of nitrogens with one attached hydrogen (secondary N) is 5. The van der Waals surface area contributed by atoms with Crippen LogP contribution in [0.15, 0.2) is 36.7 Å². The van der Waals surface area contributed by atoms with Crippen LogP contribution in [-0.2, 0) is 0 Å². The Balaban J connectivity index is 1.75. The molecule has 0 saturated heterocycles. The maximum absolute atomic E-state index is 11.5. The first-order chi connectivity index (χ1) is 12.5. The van der Waals surface area contributed by atoms with Gasteiger partial charge in [0, 0.05) is 30.2 Å². The van der Waals surface area contributed by atoms with Crippen molar-refractivity contribution in [2.75, 3.05) is 23.0 Å². The van der Waals surface area contributed by atoms with Crippen LogP contribution in [0, 0.1) is 13.8 Å². The summed E-state index contributed by atoms with van der Waals surface area (Å²) in [6, 6.07) is 7.26. The monoisotopic (exact) mass is 352 g/mol. The van der Waals surface area contributed by atoms with Gasteiger partial charge in [0.15, 0.2) is 17.5 Å². The van der Waals surface area contributed by atoms with Gasteiger partial charge in [-0.2, -0.15) is 5.10 Å². The Morgan fingerprint density at radius 2 is 1.81 bits per heavy atom. The Morgan fingerprint density at radius 3 is 2.50 bits per heavy atom. The fourth-order valence-electron chi connectivity index (χ4n) is 2.27. The van der Waals surface area contributed by atoms with Gasteiger partial charge in [-0.05, 0) is 31.5 Å². The first-order valence-corrected chi connectivity index (χ1v) is 8.01. The van der Waals surface area contributed by atoms with E-state index in [1.165, 1.54) is 0 Å². The highest BCUT2D eigenvalue weighted by Gasteiger charge is 2.06. The topological polar surface area (TPSA) is 120 Å². The number of H-pyrrole nitrogens is 1. The molecule has 9 nitrogen and oxygen atoms in total. The highest BCUT2D eigenvalue weighted by molar-refractivity contribution is 5.90. The molecule has 2 aromatic heterocycles. The lowest BCUT2D eigenvalue weighted by Gasteiger charge is -2.12. The number of carbonyl (C=O) groups excluding carboxylic acids is 1. The van der Waals surface area contributed by atoms with Crippen molar-refractivity contribution in [2.24, 2.45) is 0 Å². The smallest absolute Gasteiger partial charge is 0.318 e. The number of nitrogens with zero attached hydrogens (tertiary/aromatic N) is 3. The van der Waals surface area contributed by atoms with E-state index in [0.717, 1.165) is 16.9 Å². The van der Waals surface area contributed by atoms with Crippen LogP contribution in [0.2, 0.25) is 0 Å². The fraction of sp³-hybridized carbons (Fsp3) is 0.176. The number of hydrogen-bond acceptors (Lipinski definition) is 6. The van der Waals surface area contributed by atoms with Gasteiger partial charge in [-0.15, -0.1) is 0 Å². The van der Waals surface area contributed by atoms with Crippen molar-refractivity contribution in [3.63, 3.8) is 0 Å². The van der Waals surface area contributed by atoms with E-state index < -0.39 is 0 Å². The van der Waals surface area contributed by atoms with E-state index in [0.29, 0.717) is 23.1 Å². The molecule has 2 heterocycles. The number of anilines is 5. The number of urea groups is 1. The summed E-state index contributed by atoms with van der Waals surface area (Å²) in [5.41, 5.74) is 3.40. The molecule has 0 aliphatic carbocycles. The van der Waals surface area contributed by atoms with E-state index in [4.69, 9.17) is 0 Å². The minimum absolute atomic E-state index is 0.273. The summed E-state index contributed by atoms with van der Waals surface area (Å²) in [7, 11) is 1.57. The van der Waals surface area contributed by atoms with Gasteiger partial charge in [0.1, 0.15) is 0 Å². The number of carbonyl (C=O) groups is 1. The predicted molar refractivity (Wildman–Crippen MR) is 101 cm³/mol. The van der Waals surface area contributed by atoms with Crippen LogP contribution < -0.4 is 21.3 Å². The van der Waals surface area contributed by atoms with E-state index in [9.17, 15) is 4.79 Å². The predicted octanol–water partition coefficient (Wildman–Crippen LogP) is 3.06. The third kappa shape index (κ3) is 4.26. The molecule has 0 saturated carbocycles. The van der Waals surface area contributed by atoms with Crippen LogP contribution in [0.25, 0.3) is 0 Å². The Hall–Kier alpha value is -3.62. The molecule has 26 heavy (non-hydrogen) atoms. The highest BCUT2D eigenvalue weighted by Crippen LogP contribution is 2.23. The third-order valence-electron chi connectivity index (χ3n) is 3.58. The summed E-state index contributed by atoms with van der Waals surface area (Å²) in [6.45, 7) is 3.84. The summed E-state index contributed by atoms with van der Waals surface area (Å²) >= 11 is 0. The maximum Gasteiger partial charge on any atom is 0.318 e. The van der Waals surface area contributed by atoms with Gasteiger partial charge in [0.2, 0.25) is 0 Å². The quantitative estimate of drug-likeness (QED) is 0.481. The molecule has 0 aliphatic heterocycles. The average Bonchev–Trinajstić information content (AvgIpc) is 3.03. The molecule has 0 atom stereocenters. The maximum atomic E-state index is 11.5. The molecule has 0 bridgehead atoms. The van der Waals surface area contributed by atoms with Crippen molar-refractivity contribution >= 4 is 34.9 Å². The van der Waals surface area contributed by atoms with E-state index in [2.05, 4.69) is 41.4 Å². The van der Waals surface area contributed by atoms with Gasteiger partial charge in [-0.3, -0.25) is 10.1 Å². The second-order valence-electron chi connectivity index (χ2n) is 5.71. The highest BCUT2D eigenvalue weighted by atomic mass is 16.2. The largest absolute Gasteiger partial charge is 0.341 e. The second kappa shape index (κ2) is 7.51. The molecule has 0 fully saturated rings. The number of rotatable bonds is 5. The molecule has 2 amide bonds. The number of hydrogen-bond donors (Lipinski definition) is 5. The van der Waals surface area contributed by atoms with E-state index in [1.807, 2.05) is 38.1 Å². The van der Waals surface area contributed by atoms with Gasteiger partial charge in [0.25, 0.3) is 0 Å². The van der Waals surface area contributed by atoms with Gasteiger partial charge in [0.05, 0.1) is 12.4 Å². The molecule has 3 rings (SSSR count). The lowest BCUT2D eigenvalue weighted by Crippen LogP contribution is -2.24. The van der Waals surface area contributed by atoms with Crippen molar-refractivity contribution in [3.8, 4) is 0 Å². The minimum atomic E-state index is -0.273. The summed E-state index contributed by atoms with van der Waals surface area (Å²) in [4.78, 5) is 20.2. The molecule has 0 radical (unpaired) electrons. The van der Waals surface area contributed by atoms with Crippen molar-refractivity contribution in [1.82, 2.24) is 25.5 Å². The Kier molecular flexibility index (Phi) is 4.97. The Labute approximate surface area is 150 Å². The van der Waals surface area contributed by atoms with Crippen molar-refractivity contribution in [3.05, 3.63) is 47.9 Å². The van der Waals surface area contributed by atoms with E-state index in [1.54, 1.807) is 19.4 Å². The Morgan fingerprint density at radius 1 is 1.04 bits per heavy atom. The standard InChI is InChI=1S/C17H20N8O/c1-10-4-5-12(7-13(10)21-17(26)18-3)20-15-8-19-9-16(23-15)22-14-6-11(2)24-25-14/h4-9H,1-3H3,(H2,18,21,26)(H3,20,22,23,24,25). The first-order valence-electron chi connectivity index (χ1n) is 8.01. The number of benzene rings is 1. The van der Waals surface area contributed by atoms with Gasteiger partial charge in [-0.1, -0.05) is 6.07 Å². The molecule has 9 heteroatoms. The van der Waals surface area contributed by atoms with Crippen LogP contribution in [0.5, 0.6) is 0 Å². The zero-order chi connectivity index (χ0) is 18.5. The summed E-state index contributed by atoms with van der Waals surface area (Å²) in [5, 5.41) is 18.5. The van der Waals surface area contributed by atoms with Crippen molar-refractivity contribution in [1.29, 1.82) is 0 Å². The average molecular weight is 352 g/mol. The van der Waals surface area contributed by atoms with Crippen LogP contribution in [-0.4, -0.2) is 33.2 Å². The second-order valence-corrected chi connectivity index (χ2v) is 5.71. The van der Waals surface area contributed by atoms with Gasteiger partial charge in [-0.25, -0.2) is 9.78 Å². The summed E-state index contributed by atoms with van der Waals surface area (Å²) in [5.74, 6) is 1.80. The van der Waals surface area contributed by atoms with Crippen LogP contribution in [0.3, 0.4) is 0 Å². The first kappa shape index (κ1) is 17.2. The van der Waals surface area contributed by atoms with Crippen LogP contribution in [0.1, 0.15) is 11.3 Å². The van der Waals surface area contributed by atoms with Gasteiger partial charge < -0.3 is 21.3 Å². The molecule has 134 valence electrons. The number of aryl methyl sites for hydroxylation is 2.